The van der Waals surface area contributed by atoms with Crippen LogP contribution in [0.25, 0.3) is 10.8 Å². The van der Waals surface area contributed by atoms with Gasteiger partial charge in [0, 0.05) is 22.8 Å². The second kappa shape index (κ2) is 18.5. The highest BCUT2D eigenvalue weighted by molar-refractivity contribution is 8.04. The van der Waals surface area contributed by atoms with Crippen molar-refractivity contribution in [2.24, 2.45) is 20.5 Å². The van der Waals surface area contributed by atoms with Gasteiger partial charge in [-0.15, -0.1) is 19.7 Å². The second-order valence-electron chi connectivity index (χ2n) is 11.2. The molecule has 0 spiro atoms. The van der Waals surface area contributed by atoms with E-state index in [-0.39, 0.29) is 66.9 Å². The molecule has 26 heteroatoms. The Morgan fingerprint density at radius 3 is 2.20 bits per heavy atom. The van der Waals surface area contributed by atoms with Gasteiger partial charge in [-0.1, -0.05) is 5.04 Å². The zero-order chi connectivity index (χ0) is 41.4. The number of benzene rings is 4. The van der Waals surface area contributed by atoms with E-state index in [4.69, 9.17) is 20.3 Å². The summed E-state index contributed by atoms with van der Waals surface area (Å²) in [6, 6.07) is 10.8. The van der Waals surface area contributed by atoms with Crippen LogP contribution < -0.4 is 10.5 Å². The van der Waals surface area contributed by atoms with Crippen LogP contribution in [0.3, 0.4) is 0 Å². The lowest BCUT2D eigenvalue weighted by Gasteiger charge is -2.15. The molecule has 0 aromatic heterocycles. The van der Waals surface area contributed by atoms with Crippen molar-refractivity contribution in [3.8, 4) is 22.9 Å². The van der Waals surface area contributed by atoms with E-state index < -0.39 is 46.7 Å². The average molecular weight is 875 g/mol. The molecule has 300 valence electrons. The topological polar surface area (TPSA) is 308 Å². The number of phenolic OH excluding ortho intramolecular Hbond substituents is 1. The first kappa shape index (κ1) is 44.1. The Morgan fingerprint density at radius 2 is 1.59 bits per heavy atom. The molecule has 0 aliphatic rings. The van der Waals surface area contributed by atoms with E-state index in [9.17, 15) is 34.9 Å². The summed E-state index contributed by atoms with van der Waals surface area (Å²) in [4.78, 5) is 5.34. The Labute approximate surface area is 328 Å². The zero-order valence-corrected chi connectivity index (χ0v) is 33.2. The van der Waals surface area contributed by atoms with E-state index in [1.54, 1.807) is 31.1 Å². The van der Waals surface area contributed by atoms with E-state index in [1.807, 2.05) is 6.11 Å². The number of thioether (sulfide) groups is 1. The summed E-state index contributed by atoms with van der Waals surface area (Å²) in [6.45, 7) is 1.77. The van der Waals surface area contributed by atoms with Crippen LogP contribution in [0.2, 0.25) is 0 Å². The van der Waals surface area contributed by atoms with Crippen molar-refractivity contribution in [3.05, 3.63) is 54.1 Å². The molecule has 0 atom stereocenters. The Hall–Kier alpha value is -4.63. The lowest BCUT2D eigenvalue weighted by molar-refractivity contribution is -0.432. The van der Waals surface area contributed by atoms with Crippen molar-refractivity contribution < 1.29 is 68.1 Å². The molecule has 0 saturated carbocycles. The summed E-state index contributed by atoms with van der Waals surface area (Å²) in [6.07, 6.45) is 1.90. The Bertz CT molecular complexity index is 2580. The van der Waals surface area contributed by atoms with Gasteiger partial charge in [-0.05, 0) is 90.5 Å². The number of nitrogens with zero attached hydrogens (tertiary/aromatic N) is 5. The highest BCUT2D eigenvalue weighted by Crippen LogP contribution is 2.49. The lowest BCUT2D eigenvalue weighted by atomic mass is 10.1. The number of rotatable bonds is 16. The highest BCUT2D eigenvalue weighted by atomic mass is 32.3. The minimum Gasteiger partial charge on any atom is -0.505 e. The van der Waals surface area contributed by atoms with Gasteiger partial charge in [0.2, 0.25) is 0 Å². The predicted molar refractivity (Wildman–Crippen MR) is 201 cm³/mol. The number of hydrogen-bond acceptors (Lipinski definition) is 21. The van der Waals surface area contributed by atoms with Gasteiger partial charge >= 0.3 is 10.4 Å². The fourth-order valence-corrected chi connectivity index (χ4v) is 8.03. The maximum absolute atomic E-state index is 13.0. The Balaban J connectivity index is 1.79. The first-order valence-corrected chi connectivity index (χ1v) is 21.0. The number of azo groups is 2. The lowest BCUT2D eigenvalue weighted by Crippen LogP contribution is -2.22. The summed E-state index contributed by atoms with van der Waals surface area (Å²) in [7, 11) is -8.99. The summed E-state index contributed by atoms with van der Waals surface area (Å²) < 4.78 is 104. The van der Waals surface area contributed by atoms with Crippen molar-refractivity contribution in [2.75, 3.05) is 39.2 Å². The van der Waals surface area contributed by atoms with Crippen LogP contribution in [0.5, 0.6) is 11.5 Å². The largest absolute Gasteiger partial charge is 0.505 e. The molecular formula is C30H30N6O15S5. The van der Waals surface area contributed by atoms with Crippen LogP contribution in [0.1, 0.15) is 5.56 Å². The van der Waals surface area contributed by atoms with Crippen LogP contribution in [-0.4, -0.2) is 83.1 Å². The number of anilines is 1. The quantitative estimate of drug-likeness (QED) is 0.0125. The van der Waals surface area contributed by atoms with Crippen molar-refractivity contribution in [3.63, 3.8) is 0 Å². The molecule has 0 aliphatic carbocycles. The Kier molecular flexibility index (Phi) is 14.6. The van der Waals surface area contributed by atoms with Crippen LogP contribution >= 0.6 is 23.8 Å². The monoisotopic (exact) mass is 874 g/mol. The second-order valence-corrected chi connectivity index (χ2v) is 17.3. The smallest absolute Gasteiger partial charge is 0.433 e. The van der Waals surface area contributed by atoms with Gasteiger partial charge < -0.3 is 20.5 Å². The van der Waals surface area contributed by atoms with Gasteiger partial charge in [-0.25, -0.2) is 13.7 Å². The number of fused-ring (bicyclic) bond motifs is 1. The molecule has 0 saturated heterocycles. The van der Waals surface area contributed by atoms with Crippen molar-refractivity contribution in [1.82, 2.24) is 4.90 Å². The maximum atomic E-state index is 13.0. The molecule has 4 aromatic rings. The number of nitrogens with two attached hydrogens (primary N) is 1. The first-order valence-electron chi connectivity index (χ1n) is 15.0. The molecule has 0 amide bonds. The summed E-state index contributed by atoms with van der Waals surface area (Å²) in [5.74, 6) is -1.10. The van der Waals surface area contributed by atoms with Crippen LogP contribution in [0, 0.1) is 18.3 Å². The fraction of sp³-hybridized carbons (Fsp3) is 0.200. The van der Waals surface area contributed by atoms with Gasteiger partial charge in [0.25, 0.3) is 10.1 Å². The van der Waals surface area contributed by atoms with Crippen LogP contribution in [0.4, 0.5) is 28.4 Å². The summed E-state index contributed by atoms with van der Waals surface area (Å²) in [5.41, 5.74) is 5.70. The standard InChI is InChI=1S/C30H30N6O15S5/c1-17-13-21(22(47-4)16-24(17)54(39,40)12-9-36(2)3)33-35-29-25(55(41,42)43)15-18-14-23(53-50-49-38)28(27(31)26(18)30(29)37)34-32-19-5-7-20(8-6-19)52-11-10-48-51-56(44,45)46/h5-8,13-16,37-38H,9,12,31H2,1-4H3,(H,41,42,43)(H,44,45,46). The fourth-order valence-electron chi connectivity index (χ4n) is 4.62. The molecule has 0 aliphatic heterocycles. The number of phenols is 1. The van der Waals surface area contributed by atoms with Gasteiger partial charge in [0.1, 0.15) is 27.7 Å². The maximum Gasteiger partial charge on any atom is 0.433 e. The normalized spacial score (nSPS) is 12.4. The SMILES string of the molecule is COc1cc(S(=O)(=O)CCN(C)C)c(C)cc1N=Nc1c(S(=O)(=O)O)cc2cc(SOOO)c(N=Nc3ccc(SC#COOS(=O)(=O)O)cc3)c(N)c2c1O. The summed E-state index contributed by atoms with van der Waals surface area (Å²) >= 11 is 1.27. The van der Waals surface area contributed by atoms with Crippen LogP contribution in [-0.2, 0) is 48.9 Å². The van der Waals surface area contributed by atoms with E-state index in [0.717, 1.165) is 17.8 Å². The number of methoxy groups -OCH3 is 1. The van der Waals surface area contributed by atoms with Gasteiger partial charge in [0.15, 0.2) is 21.7 Å². The van der Waals surface area contributed by atoms with Crippen LogP contribution in [0.15, 0.2) is 88.6 Å². The number of aryl methyl sites for hydroxylation is 1. The van der Waals surface area contributed by atoms with Crippen molar-refractivity contribution >= 4 is 93.4 Å². The van der Waals surface area contributed by atoms with Crippen molar-refractivity contribution in [2.45, 2.75) is 26.5 Å². The van der Waals surface area contributed by atoms with E-state index in [0.29, 0.717) is 16.9 Å². The molecule has 0 heterocycles. The molecule has 6 N–H and O–H groups in total. The van der Waals surface area contributed by atoms with Gasteiger partial charge in [-0.3, -0.25) is 14.0 Å². The number of nitrogen functional groups attached to an aromatic ring is 1. The zero-order valence-electron chi connectivity index (χ0n) is 29.2. The molecule has 0 bridgehead atoms. The molecule has 21 nitrogen and oxygen atoms in total. The average Bonchev–Trinajstić information content (AvgIpc) is 3.11. The number of ether oxygens (including phenoxy) is 1. The third-order valence-corrected chi connectivity index (χ3v) is 11.3. The van der Waals surface area contributed by atoms with E-state index >= 15 is 0 Å². The molecule has 56 heavy (non-hydrogen) atoms. The van der Waals surface area contributed by atoms with Gasteiger partial charge in [-0.2, -0.15) is 21.9 Å². The highest BCUT2D eigenvalue weighted by Gasteiger charge is 2.26. The van der Waals surface area contributed by atoms with Crippen molar-refractivity contribution in [1.29, 1.82) is 0 Å². The number of sulfone groups is 1. The third-order valence-electron chi connectivity index (χ3n) is 7.10. The van der Waals surface area contributed by atoms with E-state index in [1.165, 1.54) is 44.4 Å². The number of aromatic hydroxyl groups is 1. The van der Waals surface area contributed by atoms with E-state index in [2.05, 4.69) is 44.3 Å². The minimum atomic E-state index is -5.10. The predicted octanol–water partition coefficient (Wildman–Crippen LogP) is 6.05. The molecule has 0 unspecified atom stereocenters. The van der Waals surface area contributed by atoms with Gasteiger partial charge in [0.05, 0.1) is 51.5 Å². The molecule has 0 fully saturated rings. The molecule has 4 rings (SSSR count). The Morgan fingerprint density at radius 1 is 0.911 bits per heavy atom. The minimum absolute atomic E-state index is 0.0155. The molecule has 0 radical (unpaired) electrons. The molecule has 4 aromatic carbocycles. The number of hydrogen-bond donors (Lipinski definition) is 5. The molecular weight excluding hydrogens is 845 g/mol. The third kappa shape index (κ3) is 11.5. The first-order chi connectivity index (χ1) is 26.3. The summed E-state index contributed by atoms with van der Waals surface area (Å²) in [5, 5.41) is 42.2.